The summed E-state index contributed by atoms with van der Waals surface area (Å²) in [6.45, 7) is 2.55. The molecule has 1 aliphatic heterocycles. The van der Waals surface area contributed by atoms with Gasteiger partial charge in [0, 0.05) is 10.4 Å². The fourth-order valence-electron chi connectivity index (χ4n) is 3.39. The quantitative estimate of drug-likeness (QED) is 0.372. The summed E-state index contributed by atoms with van der Waals surface area (Å²) in [4.78, 5) is 27.9. The Morgan fingerprint density at radius 1 is 1.17 bits per heavy atom. The van der Waals surface area contributed by atoms with Gasteiger partial charge in [-0.05, 0) is 54.8 Å². The van der Waals surface area contributed by atoms with Crippen molar-refractivity contribution in [1.29, 1.82) is 0 Å². The second-order valence-electron chi connectivity index (χ2n) is 6.48. The smallest absolute Gasteiger partial charge is 0.296 e. The van der Waals surface area contributed by atoms with E-state index in [4.69, 9.17) is 9.15 Å². The minimum Gasteiger partial charge on any atom is -0.507 e. The second-order valence-corrected chi connectivity index (χ2v) is 7.46. The van der Waals surface area contributed by atoms with Crippen molar-refractivity contribution in [2.75, 3.05) is 6.61 Å². The molecule has 0 aliphatic carbocycles. The minimum atomic E-state index is -0.707. The summed E-state index contributed by atoms with van der Waals surface area (Å²) in [7, 11) is 0. The van der Waals surface area contributed by atoms with E-state index in [0.29, 0.717) is 23.7 Å². The lowest BCUT2D eigenvalue weighted by Crippen LogP contribution is -2.28. The molecule has 3 heterocycles. The van der Waals surface area contributed by atoms with Crippen LogP contribution < -0.4 is 4.74 Å². The third kappa shape index (κ3) is 3.56. The number of amides is 1. The summed E-state index contributed by atoms with van der Waals surface area (Å²) in [5, 5.41) is 12.8. The number of aliphatic hydroxyl groups is 1. The van der Waals surface area contributed by atoms with Crippen molar-refractivity contribution in [2.45, 2.75) is 19.5 Å². The van der Waals surface area contributed by atoms with Gasteiger partial charge >= 0.3 is 0 Å². The van der Waals surface area contributed by atoms with E-state index in [-0.39, 0.29) is 17.9 Å². The zero-order valence-electron chi connectivity index (χ0n) is 15.7. The molecule has 1 amide bonds. The lowest BCUT2D eigenvalue weighted by Gasteiger charge is -2.23. The van der Waals surface area contributed by atoms with Crippen LogP contribution in [0.25, 0.3) is 5.76 Å². The molecule has 6 nitrogen and oxygen atoms in total. The Balaban J connectivity index is 1.78. The van der Waals surface area contributed by atoms with Crippen LogP contribution in [0.3, 0.4) is 0 Å². The fraction of sp³-hybridized carbons (Fsp3) is 0.182. The van der Waals surface area contributed by atoms with Crippen molar-refractivity contribution in [2.24, 2.45) is 0 Å². The van der Waals surface area contributed by atoms with Gasteiger partial charge in [-0.3, -0.25) is 9.59 Å². The van der Waals surface area contributed by atoms with Crippen LogP contribution >= 0.6 is 11.3 Å². The number of Topliss-reactive ketones (excluding diaryl/α,β-unsaturated/α-hetero) is 1. The molecule has 1 aromatic carbocycles. The van der Waals surface area contributed by atoms with Gasteiger partial charge in [0.25, 0.3) is 11.7 Å². The summed E-state index contributed by atoms with van der Waals surface area (Å²) < 4.78 is 10.8. The van der Waals surface area contributed by atoms with E-state index in [1.807, 2.05) is 24.4 Å². The Kier molecular flexibility index (Phi) is 5.22. The number of furan rings is 1. The summed E-state index contributed by atoms with van der Waals surface area (Å²) in [5.41, 5.74) is 0.527. The molecule has 0 bridgehead atoms. The molecule has 1 unspecified atom stereocenters. The molecule has 1 fully saturated rings. The molecule has 2 aromatic heterocycles. The van der Waals surface area contributed by atoms with Crippen LogP contribution in [-0.2, 0) is 16.1 Å². The zero-order chi connectivity index (χ0) is 20.4. The Labute approximate surface area is 171 Å². The maximum Gasteiger partial charge on any atom is 0.296 e. The van der Waals surface area contributed by atoms with E-state index in [1.54, 1.807) is 36.4 Å². The number of thiophene rings is 1. The van der Waals surface area contributed by atoms with Crippen molar-refractivity contribution in [3.8, 4) is 5.75 Å². The van der Waals surface area contributed by atoms with Crippen molar-refractivity contribution in [1.82, 2.24) is 4.90 Å². The van der Waals surface area contributed by atoms with Crippen LogP contribution in [0.15, 0.2) is 70.2 Å². The number of benzene rings is 1. The minimum absolute atomic E-state index is 0.0770. The van der Waals surface area contributed by atoms with Gasteiger partial charge in [0.15, 0.2) is 0 Å². The van der Waals surface area contributed by atoms with E-state index in [2.05, 4.69) is 0 Å². The van der Waals surface area contributed by atoms with Crippen LogP contribution in [0.4, 0.5) is 0 Å². The van der Waals surface area contributed by atoms with E-state index in [1.165, 1.54) is 22.5 Å². The highest BCUT2D eigenvalue weighted by molar-refractivity contribution is 7.10. The fourth-order valence-corrected chi connectivity index (χ4v) is 4.23. The van der Waals surface area contributed by atoms with Gasteiger partial charge in [-0.2, -0.15) is 0 Å². The van der Waals surface area contributed by atoms with Crippen molar-refractivity contribution < 1.29 is 23.8 Å². The predicted molar refractivity (Wildman–Crippen MR) is 108 cm³/mol. The molecule has 1 aliphatic rings. The van der Waals surface area contributed by atoms with Crippen LogP contribution in [0, 0.1) is 0 Å². The van der Waals surface area contributed by atoms with Crippen molar-refractivity contribution in [3.05, 3.63) is 81.9 Å². The number of likely N-dealkylation sites (tertiary alicyclic amines) is 1. The molecule has 29 heavy (non-hydrogen) atoms. The van der Waals surface area contributed by atoms with Gasteiger partial charge in [0.2, 0.25) is 0 Å². The SMILES string of the molecule is CCOc1ccc(/C(O)=C2/C(=O)C(=O)N(Cc3ccco3)C2c2cccs2)cc1. The van der Waals surface area contributed by atoms with Gasteiger partial charge in [0.05, 0.1) is 25.0 Å². The number of hydrogen-bond acceptors (Lipinski definition) is 6. The van der Waals surface area contributed by atoms with E-state index >= 15 is 0 Å². The molecule has 1 atom stereocenters. The lowest BCUT2D eigenvalue weighted by molar-refractivity contribution is -0.140. The standard InChI is InChI=1S/C22H19NO5S/c1-2-27-15-9-7-14(8-10-15)20(24)18-19(17-6-4-12-29-17)23(22(26)21(18)25)13-16-5-3-11-28-16/h3-12,19,24H,2,13H2,1H3/b20-18-. The summed E-state index contributed by atoms with van der Waals surface area (Å²) in [6, 6.07) is 13.3. The third-order valence-corrected chi connectivity index (χ3v) is 5.62. The zero-order valence-corrected chi connectivity index (χ0v) is 16.5. The number of rotatable bonds is 6. The summed E-state index contributed by atoms with van der Waals surface area (Å²) in [6.07, 6.45) is 1.52. The number of aliphatic hydroxyl groups excluding tert-OH is 1. The average Bonchev–Trinajstić information content (AvgIpc) is 3.47. The number of hydrogen-bond donors (Lipinski definition) is 1. The van der Waals surface area contributed by atoms with E-state index in [0.717, 1.165) is 4.88 Å². The topological polar surface area (TPSA) is 80.0 Å². The molecular formula is C22H19NO5S. The highest BCUT2D eigenvalue weighted by atomic mass is 32.1. The third-order valence-electron chi connectivity index (χ3n) is 4.70. The highest BCUT2D eigenvalue weighted by Crippen LogP contribution is 2.41. The van der Waals surface area contributed by atoms with Gasteiger partial charge in [-0.15, -0.1) is 11.3 Å². The number of carbonyl (C=O) groups is 2. The molecule has 7 heteroatoms. The molecule has 1 N–H and O–H groups in total. The lowest BCUT2D eigenvalue weighted by atomic mass is 10.00. The highest BCUT2D eigenvalue weighted by Gasteiger charge is 2.46. The molecule has 148 valence electrons. The number of nitrogens with zero attached hydrogens (tertiary/aromatic N) is 1. The number of carbonyl (C=O) groups excluding carboxylic acids is 2. The first-order valence-corrected chi connectivity index (χ1v) is 10.1. The Hall–Kier alpha value is -3.32. The monoisotopic (exact) mass is 409 g/mol. The molecule has 0 saturated carbocycles. The molecule has 0 spiro atoms. The maximum atomic E-state index is 12.9. The Morgan fingerprint density at radius 2 is 1.97 bits per heavy atom. The Bertz CT molecular complexity index is 1040. The largest absolute Gasteiger partial charge is 0.507 e. The van der Waals surface area contributed by atoms with Gasteiger partial charge < -0.3 is 19.2 Å². The molecule has 0 radical (unpaired) electrons. The van der Waals surface area contributed by atoms with Crippen LogP contribution in [-0.4, -0.2) is 28.3 Å². The van der Waals surface area contributed by atoms with Crippen LogP contribution in [0.2, 0.25) is 0 Å². The second kappa shape index (κ2) is 7.97. The molecule has 4 rings (SSSR count). The van der Waals surface area contributed by atoms with Gasteiger partial charge in [-0.1, -0.05) is 6.07 Å². The first-order valence-electron chi connectivity index (χ1n) is 9.17. The first kappa shape index (κ1) is 19.0. The number of ether oxygens (including phenoxy) is 1. The Morgan fingerprint density at radius 3 is 2.59 bits per heavy atom. The predicted octanol–water partition coefficient (Wildman–Crippen LogP) is 4.36. The summed E-state index contributed by atoms with van der Waals surface area (Å²) in [5.74, 6) is -0.341. The average molecular weight is 409 g/mol. The molecule has 1 saturated heterocycles. The summed E-state index contributed by atoms with van der Waals surface area (Å²) >= 11 is 1.42. The van der Waals surface area contributed by atoms with Gasteiger partial charge in [-0.25, -0.2) is 0 Å². The molecular weight excluding hydrogens is 390 g/mol. The van der Waals surface area contributed by atoms with E-state index < -0.39 is 17.7 Å². The van der Waals surface area contributed by atoms with Crippen LogP contribution in [0.1, 0.15) is 29.2 Å². The maximum absolute atomic E-state index is 12.9. The van der Waals surface area contributed by atoms with Crippen molar-refractivity contribution in [3.63, 3.8) is 0 Å². The number of ketones is 1. The van der Waals surface area contributed by atoms with Crippen LogP contribution in [0.5, 0.6) is 5.75 Å². The first-order chi connectivity index (χ1) is 14.1. The normalized spacial score (nSPS) is 18.4. The van der Waals surface area contributed by atoms with Gasteiger partial charge in [0.1, 0.15) is 23.3 Å². The molecule has 3 aromatic rings. The van der Waals surface area contributed by atoms with Crippen molar-refractivity contribution >= 4 is 28.8 Å². The van der Waals surface area contributed by atoms with E-state index in [9.17, 15) is 14.7 Å².